The fraction of sp³-hybridized carbons (Fsp3) is 0.500. The predicted octanol–water partition coefficient (Wildman–Crippen LogP) is 1.85. The molecule has 0 bridgehead atoms. The molecule has 3 rings (SSSR count). The Balaban J connectivity index is 2.13. The van der Waals surface area contributed by atoms with Gasteiger partial charge in [0.15, 0.2) is 0 Å². The monoisotopic (exact) mass is 248 g/mol. The molecular weight excluding hydrogens is 232 g/mol. The van der Waals surface area contributed by atoms with Gasteiger partial charge in [-0.3, -0.25) is 0 Å². The van der Waals surface area contributed by atoms with Crippen molar-refractivity contribution in [3.63, 3.8) is 0 Å². The SMILES string of the molecule is CCc1nn(-c2nc(C)cs2)c2c1CNCC2. The van der Waals surface area contributed by atoms with Gasteiger partial charge in [0.05, 0.1) is 17.1 Å². The van der Waals surface area contributed by atoms with Gasteiger partial charge in [-0.2, -0.15) is 5.10 Å². The quantitative estimate of drug-likeness (QED) is 0.882. The first-order chi connectivity index (χ1) is 8.29. The number of hydrogen-bond donors (Lipinski definition) is 1. The molecular formula is C12H16N4S. The molecule has 1 N–H and O–H groups in total. The second-order valence-electron chi connectivity index (χ2n) is 4.34. The standard InChI is InChI=1S/C12H16N4S/c1-3-10-9-6-13-5-4-11(9)16(15-10)12-14-8(2)7-17-12/h7,13H,3-6H2,1-2H3. The van der Waals surface area contributed by atoms with E-state index in [1.165, 1.54) is 17.0 Å². The summed E-state index contributed by atoms with van der Waals surface area (Å²) in [5, 5.41) is 11.2. The van der Waals surface area contributed by atoms with Crippen LogP contribution in [-0.2, 0) is 19.4 Å². The number of nitrogens with one attached hydrogen (secondary N) is 1. The normalized spacial score (nSPS) is 14.9. The minimum absolute atomic E-state index is 0.947. The summed E-state index contributed by atoms with van der Waals surface area (Å²) >= 11 is 1.67. The highest BCUT2D eigenvalue weighted by atomic mass is 32.1. The summed E-state index contributed by atoms with van der Waals surface area (Å²) in [4.78, 5) is 4.54. The van der Waals surface area contributed by atoms with Gasteiger partial charge in [-0.15, -0.1) is 11.3 Å². The van der Waals surface area contributed by atoms with Crippen LogP contribution in [0.3, 0.4) is 0 Å². The summed E-state index contributed by atoms with van der Waals surface area (Å²) in [6.45, 7) is 6.17. The second-order valence-corrected chi connectivity index (χ2v) is 5.17. The summed E-state index contributed by atoms with van der Waals surface area (Å²) < 4.78 is 2.05. The van der Waals surface area contributed by atoms with Crippen molar-refractivity contribution < 1.29 is 0 Å². The molecule has 1 aliphatic heterocycles. The summed E-state index contributed by atoms with van der Waals surface area (Å²) in [6, 6.07) is 0. The van der Waals surface area contributed by atoms with Crippen molar-refractivity contribution >= 4 is 11.3 Å². The third-order valence-corrected chi connectivity index (χ3v) is 4.07. The summed E-state index contributed by atoms with van der Waals surface area (Å²) in [6.07, 6.45) is 2.03. The van der Waals surface area contributed by atoms with Crippen molar-refractivity contribution in [1.82, 2.24) is 20.1 Å². The Kier molecular flexibility index (Phi) is 2.72. The van der Waals surface area contributed by atoms with E-state index in [4.69, 9.17) is 5.10 Å². The van der Waals surface area contributed by atoms with Gasteiger partial charge in [-0.1, -0.05) is 6.92 Å². The predicted molar refractivity (Wildman–Crippen MR) is 68.8 cm³/mol. The van der Waals surface area contributed by atoms with Crippen molar-refractivity contribution in [3.05, 3.63) is 28.0 Å². The van der Waals surface area contributed by atoms with Crippen LogP contribution in [0.4, 0.5) is 0 Å². The van der Waals surface area contributed by atoms with Crippen LogP contribution >= 0.6 is 11.3 Å². The van der Waals surface area contributed by atoms with Crippen LogP contribution in [0, 0.1) is 6.92 Å². The lowest BCUT2D eigenvalue weighted by Gasteiger charge is -2.14. The van der Waals surface area contributed by atoms with Gasteiger partial charge in [0.2, 0.25) is 5.13 Å². The van der Waals surface area contributed by atoms with Gasteiger partial charge in [0.1, 0.15) is 0 Å². The van der Waals surface area contributed by atoms with Crippen LogP contribution in [0.15, 0.2) is 5.38 Å². The zero-order valence-corrected chi connectivity index (χ0v) is 11.0. The molecule has 0 saturated carbocycles. The van der Waals surface area contributed by atoms with Crippen molar-refractivity contribution in [2.24, 2.45) is 0 Å². The molecule has 0 radical (unpaired) electrons. The molecule has 0 aliphatic carbocycles. The molecule has 0 spiro atoms. The Labute approximate surface area is 105 Å². The van der Waals surface area contributed by atoms with Crippen molar-refractivity contribution in [3.8, 4) is 5.13 Å². The topological polar surface area (TPSA) is 42.7 Å². The first kappa shape index (κ1) is 10.9. The molecule has 5 heteroatoms. The van der Waals surface area contributed by atoms with Crippen LogP contribution in [0.1, 0.15) is 29.6 Å². The zero-order chi connectivity index (χ0) is 11.8. The lowest BCUT2D eigenvalue weighted by molar-refractivity contribution is 0.621. The molecule has 0 amide bonds. The Morgan fingerprint density at radius 3 is 3.12 bits per heavy atom. The molecule has 0 atom stereocenters. The molecule has 0 fully saturated rings. The summed E-state index contributed by atoms with van der Waals surface area (Å²) in [5.74, 6) is 0. The lowest BCUT2D eigenvalue weighted by atomic mass is 10.1. The molecule has 3 heterocycles. The third-order valence-electron chi connectivity index (χ3n) is 3.14. The van der Waals surface area contributed by atoms with Gasteiger partial charge in [-0.05, 0) is 13.3 Å². The van der Waals surface area contributed by atoms with E-state index in [9.17, 15) is 0 Å². The zero-order valence-electron chi connectivity index (χ0n) is 10.2. The highest BCUT2D eigenvalue weighted by Crippen LogP contribution is 2.24. The minimum atomic E-state index is 0.947. The van der Waals surface area contributed by atoms with Crippen LogP contribution in [0.5, 0.6) is 0 Å². The molecule has 0 aromatic carbocycles. The molecule has 1 aliphatic rings. The molecule has 17 heavy (non-hydrogen) atoms. The van der Waals surface area contributed by atoms with Gasteiger partial charge < -0.3 is 5.32 Å². The minimum Gasteiger partial charge on any atom is -0.312 e. The maximum Gasteiger partial charge on any atom is 0.210 e. The number of thiazole rings is 1. The Hall–Kier alpha value is -1.20. The van der Waals surface area contributed by atoms with Crippen LogP contribution in [0.2, 0.25) is 0 Å². The summed E-state index contributed by atoms with van der Waals surface area (Å²) in [5.41, 5.74) is 5.00. The van der Waals surface area contributed by atoms with Crippen molar-refractivity contribution in [2.75, 3.05) is 6.54 Å². The highest BCUT2D eigenvalue weighted by Gasteiger charge is 2.21. The Morgan fingerprint density at radius 2 is 2.41 bits per heavy atom. The van der Waals surface area contributed by atoms with E-state index in [2.05, 4.69) is 22.6 Å². The second kappa shape index (κ2) is 4.23. The number of aromatic nitrogens is 3. The number of rotatable bonds is 2. The molecule has 2 aromatic rings. The fourth-order valence-corrected chi connectivity index (χ4v) is 3.07. The average molecular weight is 248 g/mol. The average Bonchev–Trinajstić information content (AvgIpc) is 2.92. The largest absolute Gasteiger partial charge is 0.312 e. The first-order valence-corrected chi connectivity index (χ1v) is 6.90. The number of hydrogen-bond acceptors (Lipinski definition) is 4. The van der Waals surface area contributed by atoms with Gasteiger partial charge in [0.25, 0.3) is 0 Å². The lowest BCUT2D eigenvalue weighted by Crippen LogP contribution is -2.24. The molecule has 0 unspecified atom stereocenters. The van der Waals surface area contributed by atoms with Crippen LogP contribution in [-0.4, -0.2) is 21.3 Å². The molecule has 2 aromatic heterocycles. The Morgan fingerprint density at radius 1 is 1.53 bits per heavy atom. The van der Waals surface area contributed by atoms with Crippen molar-refractivity contribution in [1.29, 1.82) is 0 Å². The van der Waals surface area contributed by atoms with Crippen LogP contribution in [0.25, 0.3) is 5.13 Å². The maximum absolute atomic E-state index is 4.72. The van der Waals surface area contributed by atoms with Gasteiger partial charge >= 0.3 is 0 Å². The van der Waals surface area contributed by atoms with Gasteiger partial charge in [0, 0.05) is 30.5 Å². The molecule has 0 saturated heterocycles. The number of nitrogens with zero attached hydrogens (tertiary/aromatic N) is 3. The van der Waals surface area contributed by atoms with Gasteiger partial charge in [-0.25, -0.2) is 9.67 Å². The van der Waals surface area contributed by atoms with Crippen molar-refractivity contribution in [2.45, 2.75) is 33.2 Å². The van der Waals surface area contributed by atoms with E-state index in [1.54, 1.807) is 11.3 Å². The van der Waals surface area contributed by atoms with Crippen LogP contribution < -0.4 is 5.32 Å². The maximum atomic E-state index is 4.72. The first-order valence-electron chi connectivity index (χ1n) is 6.02. The molecule has 90 valence electrons. The van der Waals surface area contributed by atoms with E-state index in [0.717, 1.165) is 36.8 Å². The highest BCUT2D eigenvalue weighted by molar-refractivity contribution is 7.12. The van der Waals surface area contributed by atoms with E-state index in [1.807, 2.05) is 11.6 Å². The molecule has 4 nitrogen and oxygen atoms in total. The van der Waals surface area contributed by atoms with E-state index < -0.39 is 0 Å². The third kappa shape index (κ3) is 1.79. The van der Waals surface area contributed by atoms with E-state index in [-0.39, 0.29) is 0 Å². The van der Waals surface area contributed by atoms with E-state index in [0.29, 0.717) is 0 Å². The Bertz CT molecular complexity index is 541. The summed E-state index contributed by atoms with van der Waals surface area (Å²) in [7, 11) is 0. The fourth-order valence-electron chi connectivity index (χ4n) is 2.30. The van der Waals surface area contributed by atoms with E-state index >= 15 is 0 Å². The smallest absolute Gasteiger partial charge is 0.210 e. The number of aryl methyl sites for hydroxylation is 2. The number of fused-ring (bicyclic) bond motifs is 1.